The second kappa shape index (κ2) is 10.3. The molecule has 146 valence electrons. The molecule has 2 aromatic rings. The fraction of sp³-hybridized carbons (Fsp3) is 0.368. The van der Waals surface area contributed by atoms with Crippen LogP contribution in [0.4, 0.5) is 4.39 Å². The van der Waals surface area contributed by atoms with Crippen LogP contribution in [-0.2, 0) is 12.1 Å². The van der Waals surface area contributed by atoms with Crippen LogP contribution in [0.1, 0.15) is 36.5 Å². The summed E-state index contributed by atoms with van der Waals surface area (Å²) < 4.78 is 19.3. The Labute approximate surface area is 175 Å². The molecule has 0 aliphatic carbocycles. The van der Waals surface area contributed by atoms with Crippen LogP contribution >= 0.6 is 24.0 Å². The van der Waals surface area contributed by atoms with E-state index in [9.17, 15) is 9.50 Å². The summed E-state index contributed by atoms with van der Waals surface area (Å²) in [5.74, 6) is 1.18. The van der Waals surface area contributed by atoms with Gasteiger partial charge in [-0.15, -0.1) is 24.0 Å². The van der Waals surface area contributed by atoms with E-state index in [1.165, 1.54) is 18.2 Å². The van der Waals surface area contributed by atoms with Crippen molar-refractivity contribution < 1.29 is 13.9 Å². The first-order chi connectivity index (χ1) is 12.4. The topological polar surface area (TPSA) is 93.6 Å². The Bertz CT molecular complexity index is 827. The maximum atomic E-state index is 13.9. The van der Waals surface area contributed by atoms with Crippen LogP contribution in [0.5, 0.6) is 0 Å². The minimum Gasteiger partial charge on any atom is -0.463 e. The van der Waals surface area contributed by atoms with Gasteiger partial charge in [0, 0.05) is 12.1 Å². The van der Waals surface area contributed by atoms with Gasteiger partial charge in [-0.3, -0.25) is 0 Å². The van der Waals surface area contributed by atoms with E-state index in [0.29, 0.717) is 35.2 Å². The average Bonchev–Trinajstić information content (AvgIpc) is 3.06. The van der Waals surface area contributed by atoms with Crippen LogP contribution < -0.4 is 10.6 Å². The molecule has 1 heterocycles. The molecule has 1 unspecified atom stereocenters. The minimum absolute atomic E-state index is 0. The van der Waals surface area contributed by atoms with Crippen molar-refractivity contribution in [1.82, 2.24) is 10.6 Å². The van der Waals surface area contributed by atoms with Gasteiger partial charge in [0.2, 0.25) is 0 Å². The van der Waals surface area contributed by atoms with Gasteiger partial charge in [0.15, 0.2) is 5.96 Å². The zero-order valence-electron chi connectivity index (χ0n) is 15.5. The molecule has 6 nitrogen and oxygen atoms in total. The van der Waals surface area contributed by atoms with E-state index in [2.05, 4.69) is 15.6 Å². The van der Waals surface area contributed by atoms with Gasteiger partial charge < -0.3 is 20.2 Å². The fourth-order valence-electron chi connectivity index (χ4n) is 2.34. The van der Waals surface area contributed by atoms with Crippen LogP contribution in [0.25, 0.3) is 0 Å². The number of hydrogen-bond donors (Lipinski definition) is 3. The number of rotatable bonds is 6. The number of halogens is 2. The van der Waals surface area contributed by atoms with E-state index < -0.39 is 11.4 Å². The highest BCUT2D eigenvalue weighted by Gasteiger charge is 2.27. The van der Waals surface area contributed by atoms with Crippen molar-refractivity contribution in [1.29, 1.82) is 5.26 Å². The van der Waals surface area contributed by atoms with Gasteiger partial charge in [0.25, 0.3) is 0 Å². The third-order valence-electron chi connectivity index (χ3n) is 3.80. The second-order valence-electron chi connectivity index (χ2n) is 6.15. The molecule has 8 heteroatoms. The molecule has 1 atom stereocenters. The van der Waals surface area contributed by atoms with Gasteiger partial charge in [-0.25, -0.2) is 9.38 Å². The van der Waals surface area contributed by atoms with Crippen LogP contribution in [-0.4, -0.2) is 24.2 Å². The van der Waals surface area contributed by atoms with Gasteiger partial charge in [0.05, 0.1) is 24.7 Å². The lowest BCUT2D eigenvalue weighted by atomic mass is 10.0. The maximum absolute atomic E-state index is 13.9. The van der Waals surface area contributed by atoms with Crippen LogP contribution in [0.3, 0.4) is 0 Å². The predicted octanol–water partition coefficient (Wildman–Crippen LogP) is 3.18. The van der Waals surface area contributed by atoms with Crippen molar-refractivity contribution >= 4 is 29.9 Å². The third kappa shape index (κ3) is 6.52. The van der Waals surface area contributed by atoms with Crippen LogP contribution in [0.15, 0.2) is 39.7 Å². The molecule has 0 saturated carbocycles. The molecule has 1 aromatic carbocycles. The Morgan fingerprint density at radius 2 is 2.07 bits per heavy atom. The zero-order chi connectivity index (χ0) is 19.2. The number of aliphatic hydroxyl groups is 1. The van der Waals surface area contributed by atoms with E-state index in [0.717, 1.165) is 0 Å². The largest absolute Gasteiger partial charge is 0.463 e. The van der Waals surface area contributed by atoms with E-state index in [1.807, 2.05) is 19.9 Å². The Hall–Kier alpha value is -2.12. The number of nitriles is 1. The molecule has 0 aliphatic rings. The van der Waals surface area contributed by atoms with E-state index in [1.54, 1.807) is 19.1 Å². The SMILES string of the molecule is CCNC(=NCc1cc(C#N)ccc1F)NCC(C)(O)c1ccc(C)o1.I. The number of hydrogen-bond acceptors (Lipinski definition) is 4. The van der Waals surface area contributed by atoms with Gasteiger partial charge in [0.1, 0.15) is 22.9 Å². The molecule has 0 saturated heterocycles. The normalized spacial score (nSPS) is 13.3. The van der Waals surface area contributed by atoms with Gasteiger partial charge >= 0.3 is 0 Å². The van der Waals surface area contributed by atoms with Crippen LogP contribution in [0, 0.1) is 24.1 Å². The molecule has 0 aliphatic heterocycles. The second-order valence-corrected chi connectivity index (χ2v) is 6.15. The summed E-state index contributed by atoms with van der Waals surface area (Å²) in [7, 11) is 0. The first-order valence-corrected chi connectivity index (χ1v) is 8.35. The maximum Gasteiger partial charge on any atom is 0.191 e. The summed E-state index contributed by atoms with van der Waals surface area (Å²) in [5, 5.41) is 25.6. The van der Waals surface area contributed by atoms with E-state index in [4.69, 9.17) is 9.68 Å². The zero-order valence-corrected chi connectivity index (χ0v) is 17.9. The highest BCUT2D eigenvalue weighted by atomic mass is 127. The summed E-state index contributed by atoms with van der Waals surface area (Å²) >= 11 is 0. The number of benzene rings is 1. The van der Waals surface area contributed by atoms with E-state index in [-0.39, 0.29) is 37.1 Å². The summed E-state index contributed by atoms with van der Waals surface area (Å²) in [5.41, 5.74) is -0.517. The molecule has 0 radical (unpaired) electrons. The average molecular weight is 486 g/mol. The molecule has 0 amide bonds. The lowest BCUT2D eigenvalue weighted by Gasteiger charge is -2.22. The first kappa shape index (κ1) is 22.9. The van der Waals surface area contributed by atoms with Crippen molar-refractivity contribution in [2.24, 2.45) is 4.99 Å². The van der Waals surface area contributed by atoms with Crippen LogP contribution in [0.2, 0.25) is 0 Å². The highest BCUT2D eigenvalue weighted by Crippen LogP contribution is 2.21. The Morgan fingerprint density at radius 3 is 2.67 bits per heavy atom. The monoisotopic (exact) mass is 486 g/mol. The summed E-state index contributed by atoms with van der Waals surface area (Å²) in [6.45, 7) is 6.18. The number of nitrogens with zero attached hydrogens (tertiary/aromatic N) is 2. The summed E-state index contributed by atoms with van der Waals surface area (Å²) in [4.78, 5) is 4.33. The highest BCUT2D eigenvalue weighted by molar-refractivity contribution is 14.0. The smallest absolute Gasteiger partial charge is 0.191 e. The van der Waals surface area contributed by atoms with Gasteiger partial charge in [-0.05, 0) is 51.1 Å². The number of aliphatic imine (C=N–C) groups is 1. The summed E-state index contributed by atoms with van der Waals surface area (Å²) in [6, 6.07) is 9.65. The molecule has 1 aromatic heterocycles. The molecular weight excluding hydrogens is 462 g/mol. The van der Waals surface area contributed by atoms with Crippen molar-refractivity contribution in [3.05, 3.63) is 58.8 Å². The van der Waals surface area contributed by atoms with Crippen molar-refractivity contribution in [2.45, 2.75) is 32.9 Å². The van der Waals surface area contributed by atoms with Crippen molar-refractivity contribution in [3.8, 4) is 6.07 Å². The Morgan fingerprint density at radius 1 is 1.33 bits per heavy atom. The fourth-order valence-corrected chi connectivity index (χ4v) is 2.34. The van der Waals surface area contributed by atoms with Crippen molar-refractivity contribution in [2.75, 3.05) is 13.1 Å². The van der Waals surface area contributed by atoms with Gasteiger partial charge in [-0.1, -0.05) is 0 Å². The Kier molecular flexibility index (Phi) is 8.72. The Balaban J connectivity index is 0.00000364. The van der Waals surface area contributed by atoms with Crippen molar-refractivity contribution in [3.63, 3.8) is 0 Å². The quantitative estimate of drug-likeness (QED) is 0.332. The van der Waals surface area contributed by atoms with Gasteiger partial charge in [-0.2, -0.15) is 5.26 Å². The minimum atomic E-state index is -1.23. The molecule has 27 heavy (non-hydrogen) atoms. The molecular formula is C19H24FIN4O2. The third-order valence-corrected chi connectivity index (χ3v) is 3.80. The predicted molar refractivity (Wildman–Crippen MR) is 112 cm³/mol. The number of nitrogens with one attached hydrogen (secondary N) is 2. The standard InChI is InChI=1S/C19H23FN4O2.HI/c1-4-22-18(23-11-15-9-14(10-21)6-7-16(15)20)24-12-19(3,25)17-8-5-13(2)26-17;/h5-9,25H,4,11-12H2,1-3H3,(H2,22,23,24);1H. The first-order valence-electron chi connectivity index (χ1n) is 8.35. The molecule has 0 bridgehead atoms. The molecule has 2 rings (SSSR count). The lowest BCUT2D eigenvalue weighted by molar-refractivity contribution is 0.0378. The number of guanidine groups is 1. The lowest BCUT2D eigenvalue weighted by Crippen LogP contribution is -2.44. The molecule has 0 fully saturated rings. The number of furan rings is 1. The number of aryl methyl sites for hydroxylation is 1. The molecule has 3 N–H and O–H groups in total. The van der Waals surface area contributed by atoms with E-state index >= 15 is 0 Å². The molecule has 0 spiro atoms. The summed E-state index contributed by atoms with van der Waals surface area (Å²) in [6.07, 6.45) is 0.